The summed E-state index contributed by atoms with van der Waals surface area (Å²) < 4.78 is 21.8. The average Bonchev–Trinajstić information content (AvgIpc) is 3.74. The molecule has 5 aromatic rings. The summed E-state index contributed by atoms with van der Waals surface area (Å²) in [5.41, 5.74) is 6.31. The molecule has 8 nitrogen and oxygen atoms in total. The van der Waals surface area contributed by atoms with Crippen LogP contribution in [-0.2, 0) is 35.6 Å². The van der Waals surface area contributed by atoms with Crippen LogP contribution in [0.1, 0.15) is 52.6 Å². The Morgan fingerprint density at radius 2 is 1.84 bits per heavy atom. The number of rotatable bonds is 10. The zero-order chi connectivity index (χ0) is 30.0. The maximum absolute atomic E-state index is 12.9. The number of hydrogen-bond donors (Lipinski definition) is 1. The summed E-state index contributed by atoms with van der Waals surface area (Å²) in [7, 11) is 1.71. The quantitative estimate of drug-likeness (QED) is 0.139. The van der Waals surface area contributed by atoms with Gasteiger partial charge in [0.05, 0.1) is 44.2 Å². The van der Waals surface area contributed by atoms with E-state index in [0.717, 1.165) is 62.7 Å². The van der Waals surface area contributed by atoms with Crippen LogP contribution in [0.25, 0.3) is 32.8 Å². The van der Waals surface area contributed by atoms with Crippen LogP contribution in [-0.4, -0.2) is 52.4 Å². The van der Waals surface area contributed by atoms with Crippen LogP contribution < -0.4 is 4.74 Å². The van der Waals surface area contributed by atoms with Crippen molar-refractivity contribution in [2.45, 2.75) is 51.3 Å². The minimum Gasteiger partial charge on any atom is -0.493 e. The molecule has 0 unspecified atom stereocenters. The number of carboxylic acid groups (broad SMARTS) is 1. The molecule has 44 heavy (non-hydrogen) atoms. The molecule has 0 atom stereocenters. The Balaban J connectivity index is 1.30. The summed E-state index contributed by atoms with van der Waals surface area (Å²) in [5, 5.41) is 18.8. The highest BCUT2D eigenvalue weighted by atomic mass is 16.5. The fraction of sp³-hybridized carbons (Fsp3) is 0.333. The third kappa shape index (κ3) is 5.29. The Morgan fingerprint density at radius 1 is 1.02 bits per heavy atom. The molecule has 2 aliphatic rings. The first kappa shape index (κ1) is 28.4. The van der Waals surface area contributed by atoms with Crippen LogP contribution in [0, 0.1) is 0 Å². The molecule has 0 saturated heterocycles. The van der Waals surface area contributed by atoms with E-state index in [-0.39, 0.29) is 0 Å². The Bertz CT molecular complexity index is 1860. The van der Waals surface area contributed by atoms with Crippen LogP contribution in [0.2, 0.25) is 0 Å². The molecule has 0 amide bonds. The second-order valence-electron chi connectivity index (χ2n) is 11.6. The standard InChI is InChI=1S/C36H37N3O5/c1-42-22-19-39-33(25-16-17-25)32-29-13-7-12-27-28(14-8-21-44-31-15-6-10-24-9-2-3-11-26(24)31)35(36(40)41)38(34(27)29)18-4-5-20-43-23-30(32)37-39/h2-7,9-13,15,25H,8,14,16-23H2,1H3,(H,40,41)/b5-4-. The summed E-state index contributed by atoms with van der Waals surface area (Å²) in [4.78, 5) is 12.9. The lowest BCUT2D eigenvalue weighted by Crippen LogP contribution is -2.11. The van der Waals surface area contributed by atoms with Crippen molar-refractivity contribution in [3.05, 3.63) is 95.5 Å². The van der Waals surface area contributed by atoms with Crippen molar-refractivity contribution in [3.8, 4) is 16.9 Å². The smallest absolute Gasteiger partial charge is 0.352 e. The number of para-hydroxylation sites is 1. The number of allylic oxidation sites excluding steroid dienone is 1. The van der Waals surface area contributed by atoms with Crippen molar-refractivity contribution >= 4 is 27.6 Å². The van der Waals surface area contributed by atoms with Gasteiger partial charge in [0.2, 0.25) is 0 Å². The van der Waals surface area contributed by atoms with Crippen molar-refractivity contribution in [2.75, 3.05) is 26.9 Å². The van der Waals surface area contributed by atoms with Gasteiger partial charge in [-0.2, -0.15) is 5.10 Å². The van der Waals surface area contributed by atoms with Crippen LogP contribution in [0.4, 0.5) is 0 Å². The van der Waals surface area contributed by atoms with Crippen LogP contribution in [0.3, 0.4) is 0 Å². The average molecular weight is 592 g/mol. The third-order valence-corrected chi connectivity index (χ3v) is 8.68. The fourth-order valence-electron chi connectivity index (χ4n) is 6.63. The van der Waals surface area contributed by atoms with Gasteiger partial charge in [0, 0.05) is 47.2 Å². The highest BCUT2D eigenvalue weighted by Gasteiger charge is 2.34. The molecule has 2 aromatic heterocycles. The fourth-order valence-corrected chi connectivity index (χ4v) is 6.63. The zero-order valence-corrected chi connectivity index (χ0v) is 25.0. The molecule has 0 bridgehead atoms. The van der Waals surface area contributed by atoms with Gasteiger partial charge in [0.25, 0.3) is 0 Å². The predicted molar refractivity (Wildman–Crippen MR) is 171 cm³/mol. The summed E-state index contributed by atoms with van der Waals surface area (Å²) in [6.07, 6.45) is 7.47. The molecule has 3 heterocycles. The molecule has 0 radical (unpaired) electrons. The lowest BCUT2D eigenvalue weighted by atomic mass is 9.96. The van der Waals surface area contributed by atoms with Crippen molar-refractivity contribution < 1.29 is 24.1 Å². The van der Waals surface area contributed by atoms with E-state index in [1.54, 1.807) is 7.11 Å². The molecular formula is C36H37N3O5. The van der Waals surface area contributed by atoms with E-state index in [1.807, 2.05) is 47.1 Å². The number of fused-ring (bicyclic) bond motifs is 3. The summed E-state index contributed by atoms with van der Waals surface area (Å²) >= 11 is 0. The maximum Gasteiger partial charge on any atom is 0.352 e. The minimum absolute atomic E-state index is 0.337. The second kappa shape index (κ2) is 12.3. The Kier molecular flexibility index (Phi) is 7.93. The lowest BCUT2D eigenvalue weighted by Gasteiger charge is -2.13. The van der Waals surface area contributed by atoms with Crippen molar-refractivity contribution in [2.24, 2.45) is 0 Å². The van der Waals surface area contributed by atoms with Gasteiger partial charge < -0.3 is 23.9 Å². The number of aryl methyl sites for hydroxylation is 1. The number of nitrogens with zero attached hydrogens (tertiary/aromatic N) is 3. The number of ether oxygens (including phenoxy) is 3. The van der Waals surface area contributed by atoms with Gasteiger partial charge in [-0.15, -0.1) is 0 Å². The van der Waals surface area contributed by atoms with Crippen molar-refractivity contribution in [1.82, 2.24) is 14.3 Å². The minimum atomic E-state index is -0.921. The molecule has 7 rings (SSSR count). The van der Waals surface area contributed by atoms with Gasteiger partial charge >= 0.3 is 5.97 Å². The maximum atomic E-state index is 12.9. The van der Waals surface area contributed by atoms with E-state index in [4.69, 9.17) is 19.3 Å². The summed E-state index contributed by atoms with van der Waals surface area (Å²) in [6.45, 7) is 2.98. The monoisotopic (exact) mass is 591 g/mol. The van der Waals surface area contributed by atoms with Gasteiger partial charge in [-0.05, 0) is 42.7 Å². The molecule has 1 N–H and O–H groups in total. The molecular weight excluding hydrogens is 554 g/mol. The zero-order valence-electron chi connectivity index (χ0n) is 25.0. The van der Waals surface area contributed by atoms with Gasteiger partial charge in [-0.3, -0.25) is 4.68 Å². The Morgan fingerprint density at radius 3 is 2.68 bits per heavy atom. The van der Waals surface area contributed by atoms with E-state index in [2.05, 4.69) is 35.0 Å². The number of carbonyl (C=O) groups is 1. The predicted octanol–water partition coefficient (Wildman–Crippen LogP) is 6.98. The number of carboxylic acids is 1. The Labute approximate surface area is 256 Å². The normalized spacial score (nSPS) is 15.7. The van der Waals surface area contributed by atoms with Gasteiger partial charge in [0.15, 0.2) is 0 Å². The Hall–Kier alpha value is -4.40. The van der Waals surface area contributed by atoms with E-state index in [0.29, 0.717) is 64.0 Å². The van der Waals surface area contributed by atoms with Crippen LogP contribution in [0.15, 0.2) is 72.8 Å². The van der Waals surface area contributed by atoms with E-state index >= 15 is 0 Å². The van der Waals surface area contributed by atoms with Crippen LogP contribution in [0.5, 0.6) is 5.75 Å². The molecule has 1 saturated carbocycles. The van der Waals surface area contributed by atoms with Crippen LogP contribution >= 0.6 is 0 Å². The number of aromatic carboxylic acids is 1. The molecule has 0 spiro atoms. The van der Waals surface area contributed by atoms with Gasteiger partial charge in [-0.1, -0.05) is 66.7 Å². The first-order valence-electron chi connectivity index (χ1n) is 15.4. The van der Waals surface area contributed by atoms with E-state index < -0.39 is 5.97 Å². The summed E-state index contributed by atoms with van der Waals surface area (Å²) in [5.74, 6) is 0.350. The number of hydrogen-bond acceptors (Lipinski definition) is 5. The van der Waals surface area contributed by atoms with Gasteiger partial charge in [-0.25, -0.2) is 4.79 Å². The van der Waals surface area contributed by atoms with Gasteiger partial charge in [0.1, 0.15) is 11.4 Å². The number of aromatic nitrogens is 3. The molecule has 8 heteroatoms. The number of methoxy groups -OCH3 is 1. The molecule has 1 aliphatic carbocycles. The van der Waals surface area contributed by atoms with E-state index in [9.17, 15) is 9.90 Å². The number of benzene rings is 3. The highest BCUT2D eigenvalue weighted by molar-refractivity contribution is 6.04. The third-order valence-electron chi connectivity index (χ3n) is 8.68. The SMILES string of the molecule is COCCn1nc2c(c1C1CC1)-c1cccc3c(CCCOc4cccc5ccccc45)c(C(=O)O)n(c13)C/C=C\COC2. The highest BCUT2D eigenvalue weighted by Crippen LogP contribution is 2.48. The topological polar surface area (TPSA) is 87.7 Å². The first-order chi connectivity index (χ1) is 21.7. The summed E-state index contributed by atoms with van der Waals surface area (Å²) in [6, 6.07) is 20.5. The van der Waals surface area contributed by atoms with Crippen molar-refractivity contribution in [1.29, 1.82) is 0 Å². The largest absolute Gasteiger partial charge is 0.493 e. The molecule has 1 aliphatic heterocycles. The van der Waals surface area contributed by atoms with Crippen molar-refractivity contribution in [3.63, 3.8) is 0 Å². The first-order valence-corrected chi connectivity index (χ1v) is 15.4. The second-order valence-corrected chi connectivity index (χ2v) is 11.6. The molecule has 3 aromatic carbocycles. The van der Waals surface area contributed by atoms with E-state index in [1.165, 1.54) is 5.69 Å². The molecule has 226 valence electrons. The lowest BCUT2D eigenvalue weighted by molar-refractivity contribution is 0.0685. The molecule has 1 fully saturated rings.